The van der Waals surface area contributed by atoms with Gasteiger partial charge in [0, 0.05) is 19.7 Å². The van der Waals surface area contributed by atoms with Crippen LogP contribution in [-0.4, -0.2) is 32.9 Å². The van der Waals surface area contributed by atoms with Gasteiger partial charge in [-0.25, -0.2) is 0 Å². The summed E-state index contributed by atoms with van der Waals surface area (Å²) in [5.41, 5.74) is 1.31. The summed E-state index contributed by atoms with van der Waals surface area (Å²) in [7, 11) is 1.71. The number of methoxy groups -OCH3 is 1. The predicted octanol–water partition coefficient (Wildman–Crippen LogP) is 2.81. The predicted molar refractivity (Wildman–Crippen MR) is 75.4 cm³/mol. The first-order chi connectivity index (χ1) is 8.63. The van der Waals surface area contributed by atoms with Crippen LogP contribution in [-0.2, 0) is 4.74 Å². The van der Waals surface area contributed by atoms with Crippen LogP contribution in [0.15, 0.2) is 24.3 Å². The largest absolute Gasteiger partial charge is 0.492 e. The van der Waals surface area contributed by atoms with Crippen LogP contribution in [0.1, 0.15) is 32.3 Å². The van der Waals surface area contributed by atoms with E-state index >= 15 is 0 Å². The molecule has 0 saturated carbocycles. The van der Waals surface area contributed by atoms with Crippen molar-refractivity contribution in [2.24, 2.45) is 0 Å². The summed E-state index contributed by atoms with van der Waals surface area (Å²) in [5.74, 6) is 1.48. The van der Waals surface area contributed by atoms with Gasteiger partial charge in [-0.05, 0) is 30.5 Å². The lowest BCUT2D eigenvalue weighted by Crippen LogP contribution is -2.33. The van der Waals surface area contributed by atoms with Crippen LogP contribution in [0, 0.1) is 0 Å². The van der Waals surface area contributed by atoms with E-state index in [0.29, 0.717) is 18.6 Å². The molecule has 0 heterocycles. The van der Waals surface area contributed by atoms with Crippen LogP contribution in [0.5, 0.6) is 5.75 Å². The zero-order chi connectivity index (χ0) is 13.4. The van der Waals surface area contributed by atoms with Gasteiger partial charge in [-0.15, -0.1) is 0 Å². The highest BCUT2D eigenvalue weighted by Gasteiger charge is 2.02. The topological polar surface area (TPSA) is 30.5 Å². The summed E-state index contributed by atoms with van der Waals surface area (Å²) in [6, 6.07) is 8.66. The summed E-state index contributed by atoms with van der Waals surface area (Å²) >= 11 is 0. The fourth-order valence-corrected chi connectivity index (χ4v) is 1.75. The fourth-order valence-electron chi connectivity index (χ4n) is 1.75. The standard InChI is InChI=1S/C15H25NO2/c1-12(2)14-6-5-7-15(10-14)18-9-8-16-13(3)11-17-4/h5-7,10,12-13,16H,8-9,11H2,1-4H3. The summed E-state index contributed by atoms with van der Waals surface area (Å²) in [6.07, 6.45) is 0. The fraction of sp³-hybridized carbons (Fsp3) is 0.600. The zero-order valence-corrected chi connectivity index (χ0v) is 11.9. The molecule has 1 atom stereocenters. The minimum Gasteiger partial charge on any atom is -0.492 e. The Hall–Kier alpha value is -1.06. The van der Waals surface area contributed by atoms with Crippen molar-refractivity contribution in [1.29, 1.82) is 0 Å². The van der Waals surface area contributed by atoms with Gasteiger partial charge in [0.05, 0.1) is 6.61 Å². The summed E-state index contributed by atoms with van der Waals surface area (Å²) in [5, 5.41) is 3.34. The number of rotatable bonds is 8. The molecule has 3 nitrogen and oxygen atoms in total. The molecule has 1 aromatic carbocycles. The second-order valence-corrected chi connectivity index (χ2v) is 4.89. The lowest BCUT2D eigenvalue weighted by Gasteiger charge is -2.14. The molecule has 0 aromatic heterocycles. The first kappa shape index (κ1) is 15.0. The Bertz CT molecular complexity index is 339. The maximum Gasteiger partial charge on any atom is 0.119 e. The molecule has 3 heteroatoms. The molecule has 1 unspecified atom stereocenters. The maximum atomic E-state index is 5.72. The average Bonchev–Trinajstić information content (AvgIpc) is 2.35. The van der Waals surface area contributed by atoms with Crippen molar-refractivity contribution in [3.63, 3.8) is 0 Å². The number of benzene rings is 1. The summed E-state index contributed by atoms with van der Waals surface area (Å²) < 4.78 is 10.8. The molecule has 0 amide bonds. The van der Waals surface area contributed by atoms with Gasteiger partial charge in [-0.2, -0.15) is 0 Å². The van der Waals surface area contributed by atoms with Gasteiger partial charge in [-0.1, -0.05) is 26.0 Å². The van der Waals surface area contributed by atoms with Crippen molar-refractivity contribution < 1.29 is 9.47 Å². The normalized spacial score (nSPS) is 12.7. The lowest BCUT2D eigenvalue weighted by atomic mass is 10.0. The van der Waals surface area contributed by atoms with Crippen molar-refractivity contribution >= 4 is 0 Å². The monoisotopic (exact) mass is 251 g/mol. The number of hydrogen-bond acceptors (Lipinski definition) is 3. The molecule has 0 aliphatic rings. The molecule has 0 aliphatic carbocycles. The molecule has 1 N–H and O–H groups in total. The Morgan fingerprint density at radius 1 is 1.22 bits per heavy atom. The highest BCUT2D eigenvalue weighted by atomic mass is 16.5. The van der Waals surface area contributed by atoms with Gasteiger partial charge in [-0.3, -0.25) is 0 Å². The third-order valence-electron chi connectivity index (χ3n) is 2.81. The van der Waals surface area contributed by atoms with Crippen LogP contribution in [0.25, 0.3) is 0 Å². The molecule has 102 valence electrons. The quantitative estimate of drug-likeness (QED) is 0.721. The molecule has 18 heavy (non-hydrogen) atoms. The van der Waals surface area contributed by atoms with E-state index < -0.39 is 0 Å². The SMILES string of the molecule is COCC(C)NCCOc1cccc(C(C)C)c1. The third-order valence-corrected chi connectivity index (χ3v) is 2.81. The number of nitrogens with one attached hydrogen (secondary N) is 1. The van der Waals surface area contributed by atoms with Gasteiger partial charge in [0.1, 0.15) is 12.4 Å². The van der Waals surface area contributed by atoms with Crippen LogP contribution >= 0.6 is 0 Å². The van der Waals surface area contributed by atoms with E-state index in [-0.39, 0.29) is 0 Å². The Morgan fingerprint density at radius 2 is 2.00 bits per heavy atom. The Kier molecular flexibility index (Phi) is 6.76. The second kappa shape index (κ2) is 8.11. The van der Waals surface area contributed by atoms with Crippen LogP contribution in [0.3, 0.4) is 0 Å². The smallest absolute Gasteiger partial charge is 0.119 e. The Balaban J connectivity index is 2.29. The molecular formula is C15H25NO2. The first-order valence-corrected chi connectivity index (χ1v) is 6.58. The highest BCUT2D eigenvalue weighted by Crippen LogP contribution is 2.19. The zero-order valence-electron chi connectivity index (χ0n) is 11.9. The molecule has 0 spiro atoms. The molecule has 1 aromatic rings. The van der Waals surface area contributed by atoms with Gasteiger partial charge in [0.25, 0.3) is 0 Å². The maximum absolute atomic E-state index is 5.72. The van der Waals surface area contributed by atoms with Crippen molar-refractivity contribution in [2.75, 3.05) is 26.9 Å². The summed E-state index contributed by atoms with van der Waals surface area (Å²) in [4.78, 5) is 0. The molecule has 0 bridgehead atoms. The molecular weight excluding hydrogens is 226 g/mol. The van der Waals surface area contributed by atoms with Gasteiger partial charge in [0.15, 0.2) is 0 Å². The minimum absolute atomic E-state index is 0.362. The molecule has 0 aliphatic heterocycles. The van der Waals surface area contributed by atoms with E-state index in [0.717, 1.165) is 18.9 Å². The molecule has 1 rings (SSSR count). The average molecular weight is 251 g/mol. The number of hydrogen-bond donors (Lipinski definition) is 1. The third kappa shape index (κ3) is 5.52. The van der Waals surface area contributed by atoms with Crippen LogP contribution in [0.4, 0.5) is 0 Å². The van der Waals surface area contributed by atoms with Crippen molar-refractivity contribution in [1.82, 2.24) is 5.32 Å². The van der Waals surface area contributed by atoms with Crippen molar-refractivity contribution in [3.05, 3.63) is 29.8 Å². The second-order valence-electron chi connectivity index (χ2n) is 4.89. The van der Waals surface area contributed by atoms with E-state index in [1.807, 2.05) is 12.1 Å². The van der Waals surface area contributed by atoms with Gasteiger partial charge >= 0.3 is 0 Å². The Morgan fingerprint density at radius 3 is 2.67 bits per heavy atom. The van der Waals surface area contributed by atoms with E-state index in [1.165, 1.54) is 5.56 Å². The van der Waals surface area contributed by atoms with E-state index in [2.05, 4.69) is 38.2 Å². The highest BCUT2D eigenvalue weighted by molar-refractivity contribution is 5.30. The van der Waals surface area contributed by atoms with Crippen LogP contribution < -0.4 is 10.1 Å². The van der Waals surface area contributed by atoms with Crippen molar-refractivity contribution in [3.8, 4) is 5.75 Å². The van der Waals surface area contributed by atoms with Gasteiger partial charge < -0.3 is 14.8 Å². The summed E-state index contributed by atoms with van der Waals surface area (Å²) in [6.45, 7) is 8.71. The lowest BCUT2D eigenvalue weighted by molar-refractivity contribution is 0.169. The van der Waals surface area contributed by atoms with Crippen LogP contribution in [0.2, 0.25) is 0 Å². The molecule has 0 fully saturated rings. The van der Waals surface area contributed by atoms with E-state index in [1.54, 1.807) is 7.11 Å². The van der Waals surface area contributed by atoms with Gasteiger partial charge in [0.2, 0.25) is 0 Å². The van der Waals surface area contributed by atoms with E-state index in [4.69, 9.17) is 9.47 Å². The minimum atomic E-state index is 0.362. The molecule has 0 radical (unpaired) electrons. The van der Waals surface area contributed by atoms with E-state index in [9.17, 15) is 0 Å². The number of ether oxygens (including phenoxy) is 2. The van der Waals surface area contributed by atoms with Crippen molar-refractivity contribution in [2.45, 2.75) is 32.7 Å². The Labute approximate surface area is 110 Å². The first-order valence-electron chi connectivity index (χ1n) is 6.58. The molecule has 0 saturated heterocycles.